The Balaban J connectivity index is -0.000000333. The molecule has 145 valence electrons. The molecule has 28 heavy (non-hydrogen) atoms. The van der Waals surface area contributed by atoms with Gasteiger partial charge in [-0.2, -0.15) is 18.2 Å². The van der Waals surface area contributed by atoms with E-state index in [4.69, 9.17) is 19.5 Å². The SMILES string of the molecule is COB(OC)OC.COc1[c-]cccc1.COc1ccccc1B(O)O.[B].[Li+]. The van der Waals surface area contributed by atoms with Gasteiger partial charge in [-0.05, 0) is 6.07 Å². The third kappa shape index (κ3) is 13.7. The Morgan fingerprint density at radius 3 is 1.61 bits per heavy atom. The monoisotopic (exact) mass is 381 g/mol. The predicted molar refractivity (Wildman–Crippen MR) is 107 cm³/mol. The molecule has 11 heteroatoms. The fourth-order valence-corrected chi connectivity index (χ4v) is 1.67. The third-order valence-electron chi connectivity index (χ3n) is 2.89. The summed E-state index contributed by atoms with van der Waals surface area (Å²) in [5.41, 5.74) is 0.384. The van der Waals surface area contributed by atoms with Crippen molar-refractivity contribution in [2.24, 2.45) is 0 Å². The second kappa shape index (κ2) is 20.4. The first kappa shape index (κ1) is 31.3. The first-order chi connectivity index (χ1) is 12.5. The van der Waals surface area contributed by atoms with Crippen LogP contribution in [0.25, 0.3) is 0 Å². The summed E-state index contributed by atoms with van der Waals surface area (Å²) in [6, 6.07) is 17.2. The molecule has 0 aromatic heterocycles. The molecular weight excluding hydrogens is 356 g/mol. The van der Waals surface area contributed by atoms with Crippen molar-refractivity contribution in [3.05, 3.63) is 54.6 Å². The van der Waals surface area contributed by atoms with Gasteiger partial charge in [-0.1, -0.05) is 18.2 Å². The minimum atomic E-state index is -1.47. The van der Waals surface area contributed by atoms with Gasteiger partial charge in [-0.25, -0.2) is 0 Å². The average Bonchev–Trinajstić information content (AvgIpc) is 2.70. The molecule has 0 bridgehead atoms. The Morgan fingerprint density at radius 1 is 0.786 bits per heavy atom. The van der Waals surface area contributed by atoms with Crippen molar-refractivity contribution in [1.82, 2.24) is 0 Å². The third-order valence-corrected chi connectivity index (χ3v) is 2.89. The second-order valence-electron chi connectivity index (χ2n) is 4.54. The van der Waals surface area contributed by atoms with Crippen LogP contribution < -0.4 is 33.8 Å². The molecule has 0 aliphatic heterocycles. The predicted octanol–water partition coefficient (Wildman–Crippen LogP) is -2.60. The molecule has 2 aromatic carbocycles. The van der Waals surface area contributed by atoms with Gasteiger partial charge in [0.25, 0.3) is 0 Å². The summed E-state index contributed by atoms with van der Waals surface area (Å²) in [5, 5.41) is 17.6. The maximum atomic E-state index is 8.81. The number of rotatable bonds is 6. The fraction of sp³-hybridized carbons (Fsp3) is 0.294. The van der Waals surface area contributed by atoms with E-state index >= 15 is 0 Å². The number of para-hydroxylation sites is 2. The summed E-state index contributed by atoms with van der Waals surface area (Å²) < 4.78 is 23.6. The van der Waals surface area contributed by atoms with E-state index < -0.39 is 14.4 Å². The van der Waals surface area contributed by atoms with Crippen molar-refractivity contribution in [2.75, 3.05) is 35.5 Å². The zero-order valence-corrected chi connectivity index (χ0v) is 17.3. The van der Waals surface area contributed by atoms with E-state index in [1.807, 2.05) is 24.3 Å². The quantitative estimate of drug-likeness (QED) is 0.420. The molecule has 0 saturated heterocycles. The molecule has 7 nitrogen and oxygen atoms in total. The zero-order chi connectivity index (χ0) is 19.8. The van der Waals surface area contributed by atoms with Gasteiger partial charge in [0.1, 0.15) is 5.75 Å². The molecule has 0 amide bonds. The maximum Gasteiger partial charge on any atom is 1.00 e. The Labute approximate surface area is 182 Å². The average molecular weight is 381 g/mol. The number of hydrogen-bond acceptors (Lipinski definition) is 7. The molecule has 2 rings (SSSR count). The summed E-state index contributed by atoms with van der Waals surface area (Å²) in [4.78, 5) is 0. The molecule has 0 fully saturated rings. The first-order valence-electron chi connectivity index (χ1n) is 7.62. The van der Waals surface area contributed by atoms with Gasteiger partial charge in [-0.3, -0.25) is 0 Å². The van der Waals surface area contributed by atoms with Gasteiger partial charge in [0.05, 0.1) is 14.2 Å². The molecule has 2 N–H and O–H groups in total. The van der Waals surface area contributed by atoms with Gasteiger partial charge >= 0.3 is 33.3 Å². The van der Waals surface area contributed by atoms with E-state index in [0.29, 0.717) is 11.2 Å². The maximum absolute atomic E-state index is 8.81. The Morgan fingerprint density at radius 2 is 1.32 bits per heavy atom. The number of hydrogen-bond donors (Lipinski definition) is 2. The Kier molecular flexibility index (Phi) is 22.8. The van der Waals surface area contributed by atoms with Crippen LogP contribution in [-0.4, -0.2) is 68.4 Å². The van der Waals surface area contributed by atoms with Crippen LogP contribution in [0.4, 0.5) is 0 Å². The molecule has 0 saturated carbocycles. The van der Waals surface area contributed by atoms with E-state index in [1.54, 1.807) is 31.4 Å². The van der Waals surface area contributed by atoms with Crippen LogP contribution in [0, 0.1) is 6.07 Å². The van der Waals surface area contributed by atoms with Crippen LogP contribution >= 0.6 is 0 Å². The topological polar surface area (TPSA) is 86.6 Å². The molecule has 0 aliphatic carbocycles. The largest absolute Gasteiger partial charge is 1.00 e. The van der Waals surface area contributed by atoms with E-state index in [9.17, 15) is 0 Å². The minimum absolute atomic E-state index is 0. The van der Waals surface area contributed by atoms with Crippen molar-refractivity contribution in [3.8, 4) is 11.5 Å². The van der Waals surface area contributed by atoms with E-state index in [0.717, 1.165) is 5.75 Å². The van der Waals surface area contributed by atoms with Gasteiger partial charge in [0.15, 0.2) is 0 Å². The summed E-state index contributed by atoms with van der Waals surface area (Å²) >= 11 is 0. The zero-order valence-electron chi connectivity index (χ0n) is 17.3. The van der Waals surface area contributed by atoms with Crippen LogP contribution in [-0.2, 0) is 14.0 Å². The molecule has 0 unspecified atom stereocenters. The summed E-state index contributed by atoms with van der Waals surface area (Å²) in [6.07, 6.45) is 0. The van der Waals surface area contributed by atoms with Crippen LogP contribution in [0.1, 0.15) is 0 Å². The van der Waals surface area contributed by atoms with Gasteiger partial charge < -0.3 is 33.5 Å². The molecular formula is C17H25B3LiO7. The Bertz CT molecular complexity index is 570. The Hall–Kier alpha value is -1.37. The molecule has 2 aromatic rings. The van der Waals surface area contributed by atoms with E-state index in [-0.39, 0.29) is 27.3 Å². The molecule has 0 atom stereocenters. The van der Waals surface area contributed by atoms with E-state index in [2.05, 4.69) is 20.0 Å². The minimum Gasteiger partial charge on any atom is -0.523 e. The summed E-state index contributed by atoms with van der Waals surface area (Å²) in [5.74, 6) is 1.27. The normalized spacial score (nSPS) is 8.39. The smallest absolute Gasteiger partial charge is 0.523 e. The number of ether oxygens (including phenoxy) is 2. The van der Waals surface area contributed by atoms with Crippen LogP contribution in [0.3, 0.4) is 0 Å². The summed E-state index contributed by atoms with van der Waals surface area (Å²) in [6.45, 7) is 0. The molecule has 3 radical (unpaired) electrons. The van der Waals surface area contributed by atoms with Gasteiger partial charge in [-0.15, -0.1) is 12.1 Å². The summed E-state index contributed by atoms with van der Waals surface area (Å²) in [7, 11) is 5.67. The van der Waals surface area contributed by atoms with Crippen LogP contribution in [0.2, 0.25) is 0 Å². The number of methoxy groups -OCH3 is 2. The molecule has 0 aliphatic rings. The fourth-order valence-electron chi connectivity index (χ4n) is 1.67. The van der Waals surface area contributed by atoms with Gasteiger partial charge in [0.2, 0.25) is 0 Å². The first-order valence-corrected chi connectivity index (χ1v) is 7.62. The van der Waals surface area contributed by atoms with Crippen LogP contribution in [0.15, 0.2) is 48.5 Å². The second-order valence-corrected chi connectivity index (χ2v) is 4.54. The van der Waals surface area contributed by atoms with E-state index in [1.165, 1.54) is 28.4 Å². The van der Waals surface area contributed by atoms with Crippen molar-refractivity contribution >= 4 is 28.3 Å². The van der Waals surface area contributed by atoms with Crippen molar-refractivity contribution < 1.29 is 52.3 Å². The molecule has 0 heterocycles. The van der Waals surface area contributed by atoms with Crippen molar-refractivity contribution in [3.63, 3.8) is 0 Å². The number of benzene rings is 2. The van der Waals surface area contributed by atoms with Crippen molar-refractivity contribution in [2.45, 2.75) is 0 Å². The molecule has 0 spiro atoms. The van der Waals surface area contributed by atoms with Crippen molar-refractivity contribution in [1.29, 1.82) is 0 Å². The van der Waals surface area contributed by atoms with Crippen LogP contribution in [0.5, 0.6) is 11.5 Å². The van der Waals surface area contributed by atoms with Gasteiger partial charge in [0, 0.05) is 41.0 Å². The standard InChI is InChI=1S/C7H9BO3.C7H7O.C3H9BO3.B.Li/c1-11-7-5-3-2-4-6(7)8(9)10;1-8-7-5-3-2-4-6-7;1-5-4(6-2)7-3;;/h2-5,9-10H,1H3;2-5H,1H3;1-3H3;;/q;-1;;;+1.